The predicted octanol–water partition coefficient (Wildman–Crippen LogP) is 3.32. The van der Waals surface area contributed by atoms with Crippen LogP contribution >= 0.6 is 0 Å². The van der Waals surface area contributed by atoms with Crippen molar-refractivity contribution in [1.82, 2.24) is 14.5 Å². The Kier molecular flexibility index (Phi) is 4.00. The van der Waals surface area contributed by atoms with E-state index in [1.54, 1.807) is 0 Å². The molecule has 0 aliphatic carbocycles. The molecule has 0 N–H and O–H groups in total. The van der Waals surface area contributed by atoms with Gasteiger partial charge in [-0.25, -0.2) is 9.97 Å². The van der Waals surface area contributed by atoms with Gasteiger partial charge in [0.25, 0.3) is 11.2 Å². The molecule has 0 unspecified atom stereocenters. The Morgan fingerprint density at radius 3 is 2.70 bits per heavy atom. The Morgan fingerprint density at radius 2 is 1.96 bits per heavy atom. The fourth-order valence-electron chi connectivity index (χ4n) is 2.76. The van der Waals surface area contributed by atoms with Crippen molar-refractivity contribution < 1.29 is 9.34 Å². The zero-order valence-corrected chi connectivity index (χ0v) is 14.3. The first-order chi connectivity index (χ1) is 13.0. The lowest BCUT2D eigenvalue weighted by Gasteiger charge is -2.04. The maximum atomic E-state index is 12.6. The number of aromatic nitrogens is 3. The summed E-state index contributed by atoms with van der Waals surface area (Å²) in [6.45, 7) is 2.19. The minimum absolute atomic E-state index is 0.105. The molecule has 8 nitrogen and oxygen atoms in total. The van der Waals surface area contributed by atoms with Crippen LogP contribution in [0.3, 0.4) is 0 Å². The second kappa shape index (κ2) is 6.49. The van der Waals surface area contributed by atoms with Gasteiger partial charge in [-0.3, -0.25) is 19.5 Å². The number of fused-ring (bicyclic) bond motifs is 1. The Bertz CT molecular complexity index is 1210. The second-order valence-corrected chi connectivity index (χ2v) is 6.15. The molecule has 0 saturated heterocycles. The average molecular weight is 362 g/mol. The summed E-state index contributed by atoms with van der Waals surface area (Å²) in [5, 5.41) is 11.2. The molecule has 4 rings (SSSR count). The number of non-ortho nitro benzene ring substituents is 1. The van der Waals surface area contributed by atoms with Crippen LogP contribution in [0.2, 0.25) is 0 Å². The molecule has 2 aromatic heterocycles. The highest BCUT2D eigenvalue weighted by atomic mass is 16.6. The van der Waals surface area contributed by atoms with E-state index >= 15 is 0 Å². The van der Waals surface area contributed by atoms with Crippen molar-refractivity contribution in [3.63, 3.8) is 0 Å². The van der Waals surface area contributed by atoms with E-state index in [-0.39, 0.29) is 23.3 Å². The highest BCUT2D eigenvalue weighted by Crippen LogP contribution is 2.20. The van der Waals surface area contributed by atoms with Gasteiger partial charge in [-0.1, -0.05) is 17.7 Å². The summed E-state index contributed by atoms with van der Waals surface area (Å²) in [4.78, 5) is 31.5. The molecule has 0 radical (unpaired) electrons. The van der Waals surface area contributed by atoms with Crippen molar-refractivity contribution >= 4 is 16.6 Å². The number of aryl methyl sites for hydroxylation is 1. The number of rotatable bonds is 4. The molecule has 0 amide bonds. The zero-order valence-electron chi connectivity index (χ0n) is 14.3. The van der Waals surface area contributed by atoms with Crippen molar-refractivity contribution in [2.45, 2.75) is 13.5 Å². The zero-order chi connectivity index (χ0) is 19.0. The molecule has 2 aromatic carbocycles. The first kappa shape index (κ1) is 16.6. The monoisotopic (exact) mass is 362 g/mol. The van der Waals surface area contributed by atoms with Gasteiger partial charge in [0.05, 0.1) is 34.4 Å². The number of benzene rings is 2. The van der Waals surface area contributed by atoms with Crippen LogP contribution in [-0.4, -0.2) is 19.5 Å². The lowest BCUT2D eigenvalue weighted by Crippen LogP contribution is -2.21. The molecule has 0 aliphatic heterocycles. The largest absolute Gasteiger partial charge is 0.444 e. The normalized spacial score (nSPS) is 11.0. The van der Waals surface area contributed by atoms with Gasteiger partial charge >= 0.3 is 0 Å². The van der Waals surface area contributed by atoms with Gasteiger partial charge in [0.15, 0.2) is 0 Å². The molecule has 0 fully saturated rings. The summed E-state index contributed by atoms with van der Waals surface area (Å²) in [5.74, 6) is 0.474. The Balaban J connectivity index is 1.65. The van der Waals surface area contributed by atoms with Crippen molar-refractivity contribution in [3.8, 4) is 11.5 Å². The third-order valence-electron chi connectivity index (χ3n) is 4.20. The standard InChI is InChI=1S/C19H14N4O4/c1-12-2-4-13(5-3-12)18-21-14(10-27-18)9-22-11-20-17-8-15(23(25)26)6-7-16(17)19(22)24/h2-8,10-11H,9H2,1H3. The van der Waals surface area contributed by atoms with E-state index < -0.39 is 4.92 Å². The molecular weight excluding hydrogens is 348 g/mol. The third kappa shape index (κ3) is 3.20. The van der Waals surface area contributed by atoms with Gasteiger partial charge in [0, 0.05) is 17.7 Å². The summed E-state index contributed by atoms with van der Waals surface area (Å²) < 4.78 is 6.90. The van der Waals surface area contributed by atoms with E-state index in [9.17, 15) is 14.9 Å². The van der Waals surface area contributed by atoms with Gasteiger partial charge < -0.3 is 4.42 Å². The molecular formula is C19H14N4O4. The topological polar surface area (TPSA) is 104 Å². The molecule has 0 bridgehead atoms. The van der Waals surface area contributed by atoms with Crippen LogP contribution in [0, 0.1) is 17.0 Å². The number of nitrogens with zero attached hydrogens (tertiary/aromatic N) is 4. The molecule has 0 spiro atoms. The predicted molar refractivity (Wildman–Crippen MR) is 98.4 cm³/mol. The molecule has 27 heavy (non-hydrogen) atoms. The van der Waals surface area contributed by atoms with Gasteiger partial charge in [-0.05, 0) is 25.1 Å². The minimum Gasteiger partial charge on any atom is -0.444 e. The molecule has 8 heteroatoms. The highest BCUT2D eigenvalue weighted by Gasteiger charge is 2.12. The highest BCUT2D eigenvalue weighted by molar-refractivity contribution is 5.79. The van der Waals surface area contributed by atoms with Crippen LogP contribution in [0.4, 0.5) is 5.69 Å². The van der Waals surface area contributed by atoms with Crippen molar-refractivity contribution in [1.29, 1.82) is 0 Å². The van der Waals surface area contributed by atoms with E-state index in [1.165, 1.54) is 35.4 Å². The molecule has 4 aromatic rings. The first-order valence-corrected chi connectivity index (χ1v) is 8.16. The van der Waals surface area contributed by atoms with Crippen LogP contribution in [0.15, 0.2) is 64.3 Å². The fraction of sp³-hybridized carbons (Fsp3) is 0.105. The average Bonchev–Trinajstić information content (AvgIpc) is 3.13. The van der Waals surface area contributed by atoms with Crippen molar-refractivity contribution in [3.05, 3.63) is 86.8 Å². The lowest BCUT2D eigenvalue weighted by molar-refractivity contribution is -0.384. The van der Waals surface area contributed by atoms with Gasteiger partial charge in [0.2, 0.25) is 5.89 Å². The molecule has 0 saturated carbocycles. The molecule has 0 aliphatic rings. The fourth-order valence-corrected chi connectivity index (χ4v) is 2.76. The summed E-state index contributed by atoms with van der Waals surface area (Å²) >= 11 is 0. The van der Waals surface area contributed by atoms with E-state index in [0.29, 0.717) is 17.0 Å². The van der Waals surface area contributed by atoms with Crippen molar-refractivity contribution in [2.75, 3.05) is 0 Å². The second-order valence-electron chi connectivity index (χ2n) is 6.15. The van der Waals surface area contributed by atoms with E-state index in [4.69, 9.17) is 4.42 Å². The summed E-state index contributed by atoms with van der Waals surface area (Å²) in [7, 11) is 0. The van der Waals surface area contributed by atoms with Gasteiger partial charge in [-0.2, -0.15) is 0 Å². The molecule has 2 heterocycles. The Labute approximate surface area is 152 Å². The summed E-state index contributed by atoms with van der Waals surface area (Å²) in [5.41, 5.74) is 2.45. The summed E-state index contributed by atoms with van der Waals surface area (Å²) in [6.07, 6.45) is 2.86. The number of hydrogen-bond acceptors (Lipinski definition) is 6. The van der Waals surface area contributed by atoms with Crippen LogP contribution < -0.4 is 5.56 Å². The SMILES string of the molecule is Cc1ccc(-c2nc(Cn3cnc4cc([N+](=O)[O-])ccc4c3=O)co2)cc1. The van der Waals surface area contributed by atoms with Crippen LogP contribution in [0.25, 0.3) is 22.4 Å². The first-order valence-electron chi connectivity index (χ1n) is 8.16. The quantitative estimate of drug-likeness (QED) is 0.407. The third-order valence-corrected chi connectivity index (χ3v) is 4.20. The van der Waals surface area contributed by atoms with Gasteiger partial charge in [-0.15, -0.1) is 0 Å². The van der Waals surface area contributed by atoms with E-state index in [1.807, 2.05) is 31.2 Å². The van der Waals surface area contributed by atoms with Crippen LogP contribution in [0.5, 0.6) is 0 Å². The maximum absolute atomic E-state index is 12.6. The number of nitro benzene ring substituents is 1. The minimum atomic E-state index is -0.519. The smallest absolute Gasteiger partial charge is 0.271 e. The van der Waals surface area contributed by atoms with Gasteiger partial charge in [0.1, 0.15) is 6.26 Å². The number of oxazole rings is 1. The summed E-state index contributed by atoms with van der Waals surface area (Å²) in [6, 6.07) is 11.8. The Hall–Kier alpha value is -3.81. The molecule has 0 atom stereocenters. The Morgan fingerprint density at radius 1 is 1.19 bits per heavy atom. The lowest BCUT2D eigenvalue weighted by atomic mass is 10.1. The number of hydrogen-bond donors (Lipinski definition) is 0. The van der Waals surface area contributed by atoms with E-state index in [0.717, 1.165) is 11.1 Å². The van der Waals surface area contributed by atoms with Crippen LogP contribution in [-0.2, 0) is 6.54 Å². The van der Waals surface area contributed by atoms with Crippen LogP contribution in [0.1, 0.15) is 11.3 Å². The molecule has 134 valence electrons. The number of nitro groups is 1. The van der Waals surface area contributed by atoms with Crippen molar-refractivity contribution in [2.24, 2.45) is 0 Å². The van der Waals surface area contributed by atoms with E-state index in [2.05, 4.69) is 9.97 Å². The maximum Gasteiger partial charge on any atom is 0.271 e.